The van der Waals surface area contributed by atoms with Crippen LogP contribution in [0.15, 0.2) is 17.1 Å². The van der Waals surface area contributed by atoms with Gasteiger partial charge in [0.05, 0.1) is 17.4 Å². The molecule has 1 aliphatic heterocycles. The quantitative estimate of drug-likeness (QED) is 0.842. The van der Waals surface area contributed by atoms with E-state index in [0.717, 1.165) is 44.0 Å². The molecule has 1 unspecified atom stereocenters. The first-order chi connectivity index (χ1) is 13.3. The van der Waals surface area contributed by atoms with Crippen molar-refractivity contribution in [2.75, 3.05) is 18.0 Å². The molecule has 7 heteroatoms. The smallest absolute Gasteiger partial charge is 0.341 e. The Morgan fingerprint density at radius 3 is 2.64 bits per heavy atom. The Kier molecular flexibility index (Phi) is 4.65. The van der Waals surface area contributed by atoms with Crippen molar-refractivity contribution in [2.24, 2.45) is 11.7 Å². The lowest BCUT2D eigenvalue weighted by atomic mass is 9.89. The van der Waals surface area contributed by atoms with Gasteiger partial charge in [-0.15, -0.1) is 0 Å². The number of hydrogen-bond donors (Lipinski definition) is 2. The molecule has 0 radical (unpaired) electrons. The van der Waals surface area contributed by atoms with Gasteiger partial charge in [0.2, 0.25) is 0 Å². The first-order valence-corrected chi connectivity index (χ1v) is 9.95. The minimum Gasteiger partial charge on any atom is -0.477 e. The maximum atomic E-state index is 15.1. The molecule has 2 aromatic heterocycles. The molecule has 4 rings (SSSR count). The number of aryl methyl sites for hydroxylation is 1. The molecule has 150 valence electrons. The lowest BCUT2D eigenvalue weighted by Gasteiger charge is -2.38. The summed E-state index contributed by atoms with van der Waals surface area (Å²) < 4.78 is 16.3. The van der Waals surface area contributed by atoms with E-state index in [1.807, 2.05) is 11.8 Å². The van der Waals surface area contributed by atoms with Gasteiger partial charge in [-0.2, -0.15) is 0 Å². The van der Waals surface area contributed by atoms with E-state index in [0.29, 0.717) is 29.2 Å². The van der Waals surface area contributed by atoms with Crippen LogP contribution < -0.4 is 16.2 Å². The number of piperidine rings is 1. The molecular formula is C21H26FN3O3. The summed E-state index contributed by atoms with van der Waals surface area (Å²) in [6.45, 7) is 5.23. The fraction of sp³-hybridized carbons (Fsp3) is 0.524. The van der Waals surface area contributed by atoms with Crippen molar-refractivity contribution in [3.63, 3.8) is 0 Å². The largest absolute Gasteiger partial charge is 0.477 e. The number of hydrogen-bond acceptors (Lipinski definition) is 4. The van der Waals surface area contributed by atoms with E-state index in [1.165, 1.54) is 10.5 Å². The second-order valence-electron chi connectivity index (χ2n) is 8.13. The monoisotopic (exact) mass is 387 g/mol. The second-order valence-corrected chi connectivity index (χ2v) is 8.13. The standard InChI is InChI=1S/C21H26FN3O3/c1-3-12-6-7-24(10-17(12)23)19-11(2)18-14(13-4-5-13)8-15(21(27)28)20(26)25(18)9-16(19)22/h8-9,12-13,17H,3-7,10,23H2,1-2H3,(H,27,28)/t12?,17-/m1/s1. The fourth-order valence-corrected chi connectivity index (χ4v) is 4.63. The summed E-state index contributed by atoms with van der Waals surface area (Å²) in [6.07, 6.45) is 4.96. The predicted molar refractivity (Wildman–Crippen MR) is 106 cm³/mol. The summed E-state index contributed by atoms with van der Waals surface area (Å²) in [7, 11) is 0. The Labute approximate surface area is 162 Å². The molecule has 1 saturated carbocycles. The van der Waals surface area contributed by atoms with E-state index >= 15 is 4.39 Å². The number of aromatic carboxylic acids is 1. The van der Waals surface area contributed by atoms with Gasteiger partial charge in [-0.1, -0.05) is 13.3 Å². The number of carboxylic acid groups (broad SMARTS) is 1. The lowest BCUT2D eigenvalue weighted by molar-refractivity contribution is 0.0694. The lowest BCUT2D eigenvalue weighted by Crippen LogP contribution is -2.49. The van der Waals surface area contributed by atoms with Gasteiger partial charge in [0.25, 0.3) is 5.56 Å². The third-order valence-electron chi connectivity index (χ3n) is 6.34. The van der Waals surface area contributed by atoms with E-state index in [1.54, 1.807) is 0 Å². The highest BCUT2D eigenvalue weighted by molar-refractivity contribution is 5.89. The first kappa shape index (κ1) is 18.9. The third kappa shape index (κ3) is 2.98. The van der Waals surface area contributed by atoms with Crippen molar-refractivity contribution in [1.82, 2.24) is 4.40 Å². The molecule has 2 aromatic rings. The minimum atomic E-state index is -1.28. The number of halogens is 1. The molecule has 1 saturated heterocycles. The Hall–Kier alpha value is -2.41. The fourth-order valence-electron chi connectivity index (χ4n) is 4.63. The zero-order valence-electron chi connectivity index (χ0n) is 16.2. The van der Waals surface area contributed by atoms with Gasteiger partial charge in [0, 0.05) is 19.1 Å². The van der Waals surface area contributed by atoms with Crippen LogP contribution >= 0.6 is 0 Å². The second kappa shape index (κ2) is 6.88. The van der Waals surface area contributed by atoms with Crippen LogP contribution in [0.4, 0.5) is 10.1 Å². The van der Waals surface area contributed by atoms with Crippen molar-refractivity contribution in [3.8, 4) is 0 Å². The molecule has 0 amide bonds. The van der Waals surface area contributed by atoms with E-state index in [-0.39, 0.29) is 17.5 Å². The summed E-state index contributed by atoms with van der Waals surface area (Å²) >= 11 is 0. The summed E-state index contributed by atoms with van der Waals surface area (Å²) in [5.41, 5.74) is 7.93. The molecule has 1 aliphatic carbocycles. The Balaban J connectivity index is 1.91. The number of carboxylic acids is 1. The van der Waals surface area contributed by atoms with Crippen LogP contribution in [0.25, 0.3) is 5.52 Å². The van der Waals surface area contributed by atoms with Crippen LogP contribution in [0, 0.1) is 18.7 Å². The Morgan fingerprint density at radius 2 is 2.07 bits per heavy atom. The highest BCUT2D eigenvalue weighted by Crippen LogP contribution is 2.44. The number of nitrogens with zero attached hydrogens (tertiary/aromatic N) is 2. The minimum absolute atomic E-state index is 0.0201. The van der Waals surface area contributed by atoms with Gasteiger partial charge in [-0.25, -0.2) is 9.18 Å². The molecule has 2 atom stereocenters. The van der Waals surface area contributed by atoms with Crippen molar-refractivity contribution in [3.05, 3.63) is 45.1 Å². The molecule has 2 aliphatic rings. The van der Waals surface area contributed by atoms with Crippen molar-refractivity contribution >= 4 is 17.2 Å². The van der Waals surface area contributed by atoms with Gasteiger partial charge < -0.3 is 15.7 Å². The normalized spacial score (nSPS) is 22.6. The van der Waals surface area contributed by atoms with E-state index < -0.39 is 17.3 Å². The number of aromatic nitrogens is 1. The molecule has 6 nitrogen and oxygen atoms in total. The van der Waals surface area contributed by atoms with E-state index in [4.69, 9.17) is 5.73 Å². The summed E-state index contributed by atoms with van der Waals surface area (Å²) in [4.78, 5) is 26.2. The van der Waals surface area contributed by atoms with Gasteiger partial charge in [-0.05, 0) is 55.2 Å². The average molecular weight is 387 g/mol. The molecular weight excluding hydrogens is 361 g/mol. The SMILES string of the molecule is CCC1CCN(c2c(F)cn3c(=O)c(C(=O)O)cc(C4CC4)c3c2C)C[C@H]1N. The number of fused-ring (bicyclic) bond motifs is 1. The maximum Gasteiger partial charge on any atom is 0.341 e. The molecule has 2 fully saturated rings. The molecule has 0 spiro atoms. The van der Waals surface area contributed by atoms with Crippen LogP contribution in [-0.4, -0.2) is 34.6 Å². The Morgan fingerprint density at radius 1 is 1.36 bits per heavy atom. The molecule has 3 heterocycles. The van der Waals surface area contributed by atoms with Crippen LogP contribution in [-0.2, 0) is 0 Å². The summed E-state index contributed by atoms with van der Waals surface area (Å²) in [5, 5.41) is 9.40. The van der Waals surface area contributed by atoms with Gasteiger partial charge in [0.1, 0.15) is 5.56 Å². The molecule has 28 heavy (non-hydrogen) atoms. The molecule has 3 N–H and O–H groups in total. The van der Waals surface area contributed by atoms with Crippen molar-refractivity contribution in [2.45, 2.75) is 51.5 Å². The average Bonchev–Trinajstić information content (AvgIpc) is 3.47. The van der Waals surface area contributed by atoms with E-state index in [9.17, 15) is 14.7 Å². The van der Waals surface area contributed by atoms with Gasteiger partial charge >= 0.3 is 5.97 Å². The molecule has 0 bridgehead atoms. The number of pyridine rings is 2. The van der Waals surface area contributed by atoms with Gasteiger partial charge in [0.15, 0.2) is 5.82 Å². The van der Waals surface area contributed by atoms with Crippen LogP contribution in [0.5, 0.6) is 0 Å². The van der Waals surface area contributed by atoms with E-state index in [2.05, 4.69) is 6.92 Å². The summed E-state index contributed by atoms with van der Waals surface area (Å²) in [6, 6.07) is 1.47. The summed E-state index contributed by atoms with van der Waals surface area (Å²) in [5.74, 6) is -1.14. The van der Waals surface area contributed by atoms with Gasteiger partial charge in [-0.3, -0.25) is 9.20 Å². The topological polar surface area (TPSA) is 88.0 Å². The number of carbonyl (C=O) groups is 1. The van der Waals surface area contributed by atoms with Crippen molar-refractivity contribution in [1.29, 1.82) is 0 Å². The number of nitrogens with two attached hydrogens (primary N) is 1. The maximum absolute atomic E-state index is 15.1. The molecule has 0 aromatic carbocycles. The van der Waals surface area contributed by atoms with Crippen molar-refractivity contribution < 1.29 is 14.3 Å². The highest BCUT2D eigenvalue weighted by Gasteiger charge is 2.32. The number of rotatable bonds is 4. The highest BCUT2D eigenvalue weighted by atomic mass is 19.1. The Bertz CT molecular complexity index is 1010. The zero-order valence-corrected chi connectivity index (χ0v) is 16.2. The van der Waals surface area contributed by atoms with Crippen LogP contribution in [0.1, 0.15) is 60.0 Å². The van der Waals surface area contributed by atoms with Crippen LogP contribution in [0.3, 0.4) is 0 Å². The van der Waals surface area contributed by atoms with Crippen LogP contribution in [0.2, 0.25) is 0 Å². The zero-order chi connectivity index (χ0) is 20.2. The third-order valence-corrected chi connectivity index (χ3v) is 6.34. The number of anilines is 1. The predicted octanol–water partition coefficient (Wildman–Crippen LogP) is 2.89. The first-order valence-electron chi connectivity index (χ1n) is 9.95.